The number of nitrogens with zero attached hydrogens (tertiary/aromatic N) is 5. The smallest absolute Gasteiger partial charge is 0.416 e. The van der Waals surface area contributed by atoms with Crippen molar-refractivity contribution in [3.05, 3.63) is 84.1 Å². The van der Waals surface area contributed by atoms with E-state index in [4.69, 9.17) is 4.74 Å². The van der Waals surface area contributed by atoms with Crippen molar-refractivity contribution in [3.8, 4) is 23.0 Å². The molecule has 1 saturated heterocycles. The van der Waals surface area contributed by atoms with E-state index in [-0.39, 0.29) is 5.41 Å². The average Bonchev–Trinajstić information content (AvgIpc) is 3.30. The molecular weight excluding hydrogens is 535 g/mol. The van der Waals surface area contributed by atoms with Gasteiger partial charge in [0.1, 0.15) is 5.75 Å². The minimum atomic E-state index is -4.28. The molecular formula is C30H30F3N5OS. The number of pyridine rings is 1. The molecule has 6 rings (SSSR count). The molecule has 2 aromatic carbocycles. The highest BCUT2D eigenvalue weighted by molar-refractivity contribution is 7.99. The molecule has 1 aliphatic carbocycles. The van der Waals surface area contributed by atoms with E-state index < -0.39 is 11.7 Å². The summed E-state index contributed by atoms with van der Waals surface area (Å²) in [6.07, 6.45) is 0.674. The number of hydrogen-bond donors (Lipinski definition) is 0. The minimum Gasteiger partial charge on any atom is -0.439 e. The van der Waals surface area contributed by atoms with Gasteiger partial charge in [-0.25, -0.2) is 4.98 Å². The Labute approximate surface area is 235 Å². The fourth-order valence-electron chi connectivity index (χ4n) is 5.68. The molecule has 0 amide bonds. The molecule has 1 aliphatic heterocycles. The molecule has 1 spiro atoms. The van der Waals surface area contributed by atoms with Gasteiger partial charge in [0.05, 0.1) is 5.56 Å². The maximum atomic E-state index is 12.9. The number of aromatic nitrogens is 4. The lowest BCUT2D eigenvalue weighted by Crippen LogP contribution is -2.23. The quantitative estimate of drug-likeness (QED) is 0.160. The van der Waals surface area contributed by atoms with Crippen molar-refractivity contribution < 1.29 is 17.9 Å². The standard InChI is InChI=1S/C30H30F3N5OS/c1-37-27(22-10-13-26(34-19-22)39-24-6-3-2-4-7-24)35-36-28(37)40-17-5-15-38-16-14-29(20-38)18-25(29)21-8-11-23(12-9-21)30(31,32)33/h2-4,6-13,19,25H,5,14-18,20H2,1H3. The van der Waals surface area contributed by atoms with E-state index in [1.165, 1.54) is 12.1 Å². The molecule has 10 heteroatoms. The Bertz CT molecular complexity index is 1440. The van der Waals surface area contributed by atoms with Gasteiger partial charge >= 0.3 is 6.18 Å². The van der Waals surface area contributed by atoms with Crippen LogP contribution >= 0.6 is 11.8 Å². The zero-order valence-corrected chi connectivity index (χ0v) is 23.0. The van der Waals surface area contributed by atoms with Crippen LogP contribution in [0.1, 0.15) is 36.3 Å². The SMILES string of the molecule is Cn1c(SCCCN2CCC3(CC3c3ccc(C(F)(F)F)cc3)C2)nnc1-c1ccc(Oc2ccccc2)nc1. The van der Waals surface area contributed by atoms with Crippen molar-refractivity contribution in [2.45, 2.75) is 36.5 Å². The molecule has 2 unspecified atom stereocenters. The van der Waals surface area contributed by atoms with Crippen LogP contribution in [0.5, 0.6) is 11.6 Å². The number of thioether (sulfide) groups is 1. The number of para-hydroxylation sites is 1. The van der Waals surface area contributed by atoms with E-state index in [0.29, 0.717) is 11.8 Å². The second-order valence-electron chi connectivity index (χ2n) is 10.6. The zero-order valence-electron chi connectivity index (χ0n) is 22.1. The molecule has 2 fully saturated rings. The summed E-state index contributed by atoms with van der Waals surface area (Å²) < 4.78 is 46.4. The second-order valence-corrected chi connectivity index (χ2v) is 11.7. The van der Waals surface area contributed by atoms with Gasteiger partial charge in [-0.3, -0.25) is 0 Å². The number of alkyl halides is 3. The number of ether oxygens (including phenoxy) is 1. The van der Waals surface area contributed by atoms with Crippen LogP contribution in [0, 0.1) is 5.41 Å². The number of hydrogen-bond acceptors (Lipinski definition) is 6. The summed E-state index contributed by atoms with van der Waals surface area (Å²) in [7, 11) is 1.96. The second kappa shape index (κ2) is 10.9. The Hall–Kier alpha value is -3.37. The van der Waals surface area contributed by atoms with Gasteiger partial charge in [0.15, 0.2) is 11.0 Å². The molecule has 4 aromatic rings. The van der Waals surface area contributed by atoms with Crippen LogP contribution in [-0.2, 0) is 13.2 Å². The molecule has 208 valence electrons. The molecule has 0 bridgehead atoms. The number of halogens is 3. The van der Waals surface area contributed by atoms with Crippen LogP contribution < -0.4 is 4.74 Å². The van der Waals surface area contributed by atoms with Crippen molar-refractivity contribution in [1.82, 2.24) is 24.6 Å². The molecule has 2 aliphatic rings. The van der Waals surface area contributed by atoms with Crippen molar-refractivity contribution >= 4 is 11.8 Å². The van der Waals surface area contributed by atoms with E-state index in [2.05, 4.69) is 20.1 Å². The lowest BCUT2D eigenvalue weighted by atomic mass is 9.97. The van der Waals surface area contributed by atoms with Gasteiger partial charge in [0.25, 0.3) is 0 Å². The zero-order chi connectivity index (χ0) is 27.7. The maximum Gasteiger partial charge on any atom is 0.416 e. The molecule has 40 heavy (non-hydrogen) atoms. The van der Waals surface area contributed by atoms with Crippen molar-refractivity contribution in [2.75, 3.05) is 25.4 Å². The van der Waals surface area contributed by atoms with Crippen LogP contribution in [0.25, 0.3) is 11.4 Å². The number of rotatable bonds is 9. The number of likely N-dealkylation sites (tertiary alicyclic amines) is 1. The van der Waals surface area contributed by atoms with Gasteiger partial charge in [-0.1, -0.05) is 42.1 Å². The maximum absolute atomic E-state index is 12.9. The van der Waals surface area contributed by atoms with Crippen LogP contribution in [0.3, 0.4) is 0 Å². The molecule has 3 heterocycles. The first-order valence-electron chi connectivity index (χ1n) is 13.4. The highest BCUT2D eigenvalue weighted by Crippen LogP contribution is 2.64. The Kier molecular flexibility index (Phi) is 7.31. The lowest BCUT2D eigenvalue weighted by molar-refractivity contribution is -0.137. The first kappa shape index (κ1) is 26.8. The Balaban J connectivity index is 0.963. The van der Waals surface area contributed by atoms with Crippen LogP contribution in [0.15, 0.2) is 78.1 Å². The van der Waals surface area contributed by atoms with Gasteiger partial charge in [0, 0.05) is 37.2 Å². The van der Waals surface area contributed by atoms with E-state index in [1.54, 1.807) is 30.1 Å². The van der Waals surface area contributed by atoms with Crippen LogP contribution in [0.2, 0.25) is 0 Å². The van der Waals surface area contributed by atoms with Gasteiger partial charge in [0.2, 0.25) is 5.88 Å². The van der Waals surface area contributed by atoms with E-state index in [0.717, 1.165) is 72.5 Å². The third kappa shape index (κ3) is 5.74. The van der Waals surface area contributed by atoms with Gasteiger partial charge < -0.3 is 14.2 Å². The van der Waals surface area contributed by atoms with Crippen LogP contribution in [0.4, 0.5) is 13.2 Å². The topological polar surface area (TPSA) is 56.1 Å². The lowest BCUT2D eigenvalue weighted by Gasteiger charge is -2.16. The fourth-order valence-corrected chi connectivity index (χ4v) is 6.51. The molecule has 1 saturated carbocycles. The fraction of sp³-hybridized carbons (Fsp3) is 0.367. The summed E-state index contributed by atoms with van der Waals surface area (Å²) in [5.41, 5.74) is 1.57. The molecule has 0 radical (unpaired) electrons. The first-order chi connectivity index (χ1) is 19.3. The molecule has 0 N–H and O–H groups in total. The Morgan fingerprint density at radius 3 is 2.55 bits per heavy atom. The Morgan fingerprint density at radius 2 is 1.82 bits per heavy atom. The molecule has 2 aromatic heterocycles. The van der Waals surface area contributed by atoms with E-state index in [9.17, 15) is 13.2 Å². The van der Waals surface area contributed by atoms with Gasteiger partial charge in [-0.2, -0.15) is 13.2 Å². The summed E-state index contributed by atoms with van der Waals surface area (Å²) in [6, 6.07) is 19.1. The summed E-state index contributed by atoms with van der Waals surface area (Å²) in [4.78, 5) is 6.91. The number of benzene rings is 2. The summed E-state index contributed by atoms with van der Waals surface area (Å²) in [5.74, 6) is 3.32. The normalized spacial score (nSPS) is 20.8. The van der Waals surface area contributed by atoms with Gasteiger partial charge in [-0.05, 0) is 79.6 Å². The first-order valence-corrected chi connectivity index (χ1v) is 14.4. The third-order valence-corrected chi connectivity index (χ3v) is 9.05. The highest BCUT2D eigenvalue weighted by atomic mass is 32.2. The van der Waals surface area contributed by atoms with Crippen LogP contribution in [-0.4, -0.2) is 50.0 Å². The largest absolute Gasteiger partial charge is 0.439 e. The van der Waals surface area contributed by atoms with Gasteiger partial charge in [-0.15, -0.1) is 10.2 Å². The molecule has 6 nitrogen and oxygen atoms in total. The van der Waals surface area contributed by atoms with Crippen molar-refractivity contribution in [3.63, 3.8) is 0 Å². The van der Waals surface area contributed by atoms with Crippen molar-refractivity contribution in [2.24, 2.45) is 12.5 Å². The minimum absolute atomic E-state index is 0.237. The highest BCUT2D eigenvalue weighted by Gasteiger charge is 2.57. The van der Waals surface area contributed by atoms with Crippen molar-refractivity contribution in [1.29, 1.82) is 0 Å². The summed E-state index contributed by atoms with van der Waals surface area (Å²) in [6.45, 7) is 3.08. The predicted octanol–water partition coefficient (Wildman–Crippen LogP) is 7.05. The summed E-state index contributed by atoms with van der Waals surface area (Å²) in [5, 5.41) is 9.62. The predicted molar refractivity (Wildman–Crippen MR) is 148 cm³/mol. The third-order valence-electron chi connectivity index (χ3n) is 7.94. The van der Waals surface area contributed by atoms with E-state index >= 15 is 0 Å². The average molecular weight is 566 g/mol. The van der Waals surface area contributed by atoms with E-state index in [1.807, 2.05) is 54.1 Å². The Morgan fingerprint density at radius 1 is 1.02 bits per heavy atom. The molecule has 2 atom stereocenters. The monoisotopic (exact) mass is 565 g/mol. The summed E-state index contributed by atoms with van der Waals surface area (Å²) >= 11 is 1.69.